The van der Waals surface area contributed by atoms with Crippen molar-refractivity contribution in [3.63, 3.8) is 0 Å². The second kappa shape index (κ2) is 14.6. The number of aliphatic hydroxyl groups is 1. The van der Waals surface area contributed by atoms with E-state index in [1.54, 1.807) is 0 Å². The number of rotatable bonds is 14. The number of aliphatic hydroxyl groups excluding tert-OH is 1. The maximum Gasteiger partial charge on any atom is 0.305 e. The number of hydrogen-bond acceptors (Lipinski definition) is 3. The largest absolute Gasteiger partial charge is 0.469 e. The summed E-state index contributed by atoms with van der Waals surface area (Å²) >= 11 is 6.22. The summed E-state index contributed by atoms with van der Waals surface area (Å²) in [6.07, 6.45) is 11.8. The van der Waals surface area contributed by atoms with Gasteiger partial charge in [0.05, 0.1) is 18.6 Å². The molecule has 0 aliphatic rings. The molecule has 0 aromatic carbocycles. The number of carbonyl (C=O) groups excluding carboxylic acids is 1. The quantitative estimate of drug-likeness (QED) is 0.283. The maximum atomic E-state index is 10.9. The van der Waals surface area contributed by atoms with Gasteiger partial charge in [0.2, 0.25) is 0 Å². The molecule has 126 valence electrons. The van der Waals surface area contributed by atoms with E-state index in [0.29, 0.717) is 6.42 Å². The van der Waals surface area contributed by atoms with Crippen LogP contribution in [0.4, 0.5) is 0 Å². The molecule has 4 heteroatoms. The van der Waals surface area contributed by atoms with Gasteiger partial charge in [-0.3, -0.25) is 4.79 Å². The van der Waals surface area contributed by atoms with Gasteiger partial charge in [-0.15, -0.1) is 11.6 Å². The Morgan fingerprint density at radius 1 is 1.00 bits per heavy atom. The molecule has 21 heavy (non-hydrogen) atoms. The summed E-state index contributed by atoms with van der Waals surface area (Å²) in [4.78, 5) is 10.9. The van der Waals surface area contributed by atoms with Crippen LogP contribution < -0.4 is 0 Å². The summed E-state index contributed by atoms with van der Waals surface area (Å²) in [5.41, 5.74) is 0. The topological polar surface area (TPSA) is 46.5 Å². The summed E-state index contributed by atoms with van der Waals surface area (Å²) in [5.74, 6) is -0.126. The van der Waals surface area contributed by atoms with Gasteiger partial charge in [-0.25, -0.2) is 0 Å². The first kappa shape index (κ1) is 20.7. The number of alkyl halides is 1. The number of unbranched alkanes of at least 4 members (excludes halogenated alkanes) is 7. The van der Waals surface area contributed by atoms with Gasteiger partial charge < -0.3 is 9.84 Å². The van der Waals surface area contributed by atoms with E-state index in [1.807, 2.05) is 0 Å². The van der Waals surface area contributed by atoms with Gasteiger partial charge in [0.25, 0.3) is 0 Å². The first-order valence-corrected chi connectivity index (χ1v) is 8.94. The average molecular weight is 321 g/mol. The second-order valence-corrected chi connectivity index (χ2v) is 6.38. The van der Waals surface area contributed by atoms with Gasteiger partial charge >= 0.3 is 5.97 Å². The molecule has 0 aromatic rings. The van der Waals surface area contributed by atoms with Crippen molar-refractivity contribution in [1.29, 1.82) is 0 Å². The van der Waals surface area contributed by atoms with Crippen LogP contribution in [-0.2, 0) is 9.53 Å². The van der Waals surface area contributed by atoms with Gasteiger partial charge in [-0.1, -0.05) is 58.3 Å². The first-order valence-electron chi connectivity index (χ1n) is 8.50. The highest BCUT2D eigenvalue weighted by atomic mass is 35.5. The standard InChI is InChI=1S/C17H33ClO3/c1-3-4-5-9-12-15(18)16(19)13-10-7-6-8-11-14-17(20)21-2/h15-16,19H,3-14H2,1-2H3. The van der Waals surface area contributed by atoms with Crippen LogP contribution in [0.15, 0.2) is 0 Å². The fourth-order valence-electron chi connectivity index (χ4n) is 2.39. The highest BCUT2D eigenvalue weighted by Crippen LogP contribution is 2.18. The molecule has 0 fully saturated rings. The van der Waals surface area contributed by atoms with Crippen molar-refractivity contribution in [2.75, 3.05) is 7.11 Å². The zero-order chi connectivity index (χ0) is 15.9. The SMILES string of the molecule is CCCCCCC(Cl)C(O)CCCCCCCC(=O)OC. The third kappa shape index (κ3) is 13.1. The molecule has 0 radical (unpaired) electrons. The van der Waals surface area contributed by atoms with E-state index >= 15 is 0 Å². The Labute approximate surface area is 135 Å². The summed E-state index contributed by atoms with van der Waals surface area (Å²) in [7, 11) is 1.43. The van der Waals surface area contributed by atoms with Crippen molar-refractivity contribution in [3.8, 4) is 0 Å². The highest BCUT2D eigenvalue weighted by Gasteiger charge is 2.15. The monoisotopic (exact) mass is 320 g/mol. The Hall–Kier alpha value is -0.280. The molecule has 0 heterocycles. The Kier molecular flexibility index (Phi) is 14.5. The molecule has 0 rings (SSSR count). The Morgan fingerprint density at radius 2 is 1.57 bits per heavy atom. The lowest BCUT2D eigenvalue weighted by atomic mass is 10.0. The molecular formula is C17H33ClO3. The number of ether oxygens (including phenoxy) is 1. The van der Waals surface area contributed by atoms with E-state index < -0.39 is 0 Å². The summed E-state index contributed by atoms with van der Waals surface area (Å²) in [6.45, 7) is 2.19. The van der Waals surface area contributed by atoms with Crippen LogP contribution in [-0.4, -0.2) is 29.7 Å². The lowest BCUT2D eigenvalue weighted by molar-refractivity contribution is -0.140. The van der Waals surface area contributed by atoms with Gasteiger partial charge in [0, 0.05) is 6.42 Å². The molecule has 0 aromatic heterocycles. The molecule has 0 amide bonds. The number of hydrogen-bond donors (Lipinski definition) is 1. The highest BCUT2D eigenvalue weighted by molar-refractivity contribution is 6.21. The summed E-state index contributed by atoms with van der Waals surface area (Å²) < 4.78 is 4.60. The predicted octanol–water partition coefficient (Wildman–Crippen LogP) is 4.83. The van der Waals surface area contributed by atoms with Crippen LogP contribution in [0.1, 0.15) is 84.0 Å². The molecule has 0 bridgehead atoms. The van der Waals surface area contributed by atoms with Crippen molar-refractivity contribution in [3.05, 3.63) is 0 Å². The van der Waals surface area contributed by atoms with Crippen molar-refractivity contribution >= 4 is 17.6 Å². The number of carbonyl (C=O) groups is 1. The van der Waals surface area contributed by atoms with Crippen LogP contribution in [0.25, 0.3) is 0 Å². The molecule has 2 atom stereocenters. The number of esters is 1. The molecule has 0 aliphatic heterocycles. The van der Waals surface area contributed by atoms with Crippen LogP contribution in [0, 0.1) is 0 Å². The molecule has 0 aliphatic carbocycles. The normalized spacial score (nSPS) is 13.9. The van der Waals surface area contributed by atoms with Crippen LogP contribution in [0.3, 0.4) is 0 Å². The van der Waals surface area contributed by atoms with Crippen molar-refractivity contribution in [2.45, 2.75) is 95.5 Å². The Morgan fingerprint density at radius 3 is 2.24 bits per heavy atom. The minimum atomic E-state index is -0.372. The van der Waals surface area contributed by atoms with E-state index in [1.165, 1.54) is 26.4 Å². The smallest absolute Gasteiger partial charge is 0.305 e. The zero-order valence-corrected chi connectivity index (χ0v) is 14.5. The molecule has 0 saturated carbocycles. The molecule has 2 unspecified atom stereocenters. The summed E-state index contributed by atoms with van der Waals surface area (Å²) in [5, 5.41) is 9.89. The second-order valence-electron chi connectivity index (χ2n) is 5.82. The molecular weight excluding hydrogens is 288 g/mol. The van der Waals surface area contributed by atoms with E-state index in [-0.39, 0.29) is 17.5 Å². The third-order valence-electron chi connectivity index (χ3n) is 3.86. The molecule has 3 nitrogen and oxygen atoms in total. The van der Waals surface area contributed by atoms with Crippen LogP contribution in [0.5, 0.6) is 0 Å². The van der Waals surface area contributed by atoms with Crippen molar-refractivity contribution in [1.82, 2.24) is 0 Å². The van der Waals surface area contributed by atoms with Gasteiger partial charge in [-0.05, 0) is 19.3 Å². The minimum Gasteiger partial charge on any atom is -0.469 e. The van der Waals surface area contributed by atoms with Gasteiger partial charge in [0.15, 0.2) is 0 Å². The van der Waals surface area contributed by atoms with Crippen LogP contribution >= 0.6 is 11.6 Å². The minimum absolute atomic E-state index is 0.0961. The molecule has 1 N–H and O–H groups in total. The fourth-order valence-corrected chi connectivity index (χ4v) is 2.67. The first-order chi connectivity index (χ1) is 10.1. The van der Waals surface area contributed by atoms with Crippen LogP contribution in [0.2, 0.25) is 0 Å². The third-order valence-corrected chi connectivity index (χ3v) is 4.37. The van der Waals surface area contributed by atoms with E-state index in [9.17, 15) is 9.90 Å². The van der Waals surface area contributed by atoms with E-state index in [4.69, 9.17) is 11.6 Å². The predicted molar refractivity (Wildman–Crippen MR) is 88.7 cm³/mol. The zero-order valence-electron chi connectivity index (χ0n) is 13.8. The Balaban J connectivity index is 3.39. The van der Waals surface area contributed by atoms with Crippen molar-refractivity contribution < 1.29 is 14.6 Å². The van der Waals surface area contributed by atoms with Gasteiger partial charge in [-0.2, -0.15) is 0 Å². The number of halogens is 1. The summed E-state index contributed by atoms with van der Waals surface area (Å²) in [6, 6.07) is 0. The number of methoxy groups -OCH3 is 1. The Bertz CT molecular complexity index is 246. The lowest BCUT2D eigenvalue weighted by Gasteiger charge is -2.16. The maximum absolute atomic E-state index is 10.9. The molecule has 0 spiro atoms. The average Bonchev–Trinajstić information content (AvgIpc) is 2.49. The van der Waals surface area contributed by atoms with E-state index in [2.05, 4.69) is 11.7 Å². The lowest BCUT2D eigenvalue weighted by Crippen LogP contribution is -2.20. The fraction of sp³-hybridized carbons (Fsp3) is 0.941. The molecule has 0 saturated heterocycles. The van der Waals surface area contributed by atoms with Crippen molar-refractivity contribution in [2.24, 2.45) is 0 Å². The van der Waals surface area contributed by atoms with E-state index in [0.717, 1.165) is 51.4 Å². The van der Waals surface area contributed by atoms with Gasteiger partial charge in [0.1, 0.15) is 0 Å².